The molecule has 0 spiro atoms. The Morgan fingerprint density at radius 2 is 1.75 bits per heavy atom. The third-order valence-electron chi connectivity index (χ3n) is 3.99. The minimum Gasteiger partial charge on any atom is -0.303 e. The maximum atomic E-state index is 2.53. The summed E-state index contributed by atoms with van der Waals surface area (Å²) in [6.07, 6.45) is 7.50. The molecule has 12 heavy (non-hydrogen) atoms. The normalized spacial score (nSPS) is 39.5. The van der Waals surface area contributed by atoms with E-state index in [9.17, 15) is 0 Å². The van der Waals surface area contributed by atoms with Crippen LogP contribution in [0.15, 0.2) is 0 Å². The van der Waals surface area contributed by atoms with Crippen LogP contribution in [-0.2, 0) is 0 Å². The Bertz CT molecular complexity index is 139. The highest BCUT2D eigenvalue weighted by Crippen LogP contribution is 2.37. The zero-order valence-electron chi connectivity index (χ0n) is 8.42. The number of nitrogens with zero attached hydrogens (tertiary/aromatic N) is 1. The molecule has 1 heterocycles. The lowest BCUT2D eigenvalue weighted by molar-refractivity contribution is 0.304. The van der Waals surface area contributed by atoms with Gasteiger partial charge in [0.1, 0.15) is 0 Å². The lowest BCUT2D eigenvalue weighted by Crippen LogP contribution is -2.22. The van der Waals surface area contributed by atoms with Gasteiger partial charge in [0.25, 0.3) is 0 Å². The van der Waals surface area contributed by atoms with Gasteiger partial charge in [-0.2, -0.15) is 0 Å². The first-order valence-corrected chi connectivity index (χ1v) is 5.47. The van der Waals surface area contributed by atoms with Crippen molar-refractivity contribution in [2.24, 2.45) is 11.8 Å². The van der Waals surface area contributed by atoms with Gasteiger partial charge in [0, 0.05) is 12.6 Å². The van der Waals surface area contributed by atoms with E-state index in [2.05, 4.69) is 18.9 Å². The second-order valence-corrected chi connectivity index (χ2v) is 4.83. The predicted molar refractivity (Wildman–Crippen MR) is 52.2 cm³/mol. The maximum absolute atomic E-state index is 2.53. The number of hydrogen-bond acceptors (Lipinski definition) is 1. The Morgan fingerprint density at radius 3 is 2.25 bits per heavy atom. The van der Waals surface area contributed by atoms with E-state index in [0.717, 1.165) is 17.9 Å². The Hall–Kier alpha value is -0.0400. The second-order valence-electron chi connectivity index (χ2n) is 4.83. The second kappa shape index (κ2) is 3.37. The molecule has 1 nitrogen and oxygen atoms in total. The molecule has 2 fully saturated rings. The zero-order chi connectivity index (χ0) is 8.55. The van der Waals surface area contributed by atoms with Crippen molar-refractivity contribution in [3.05, 3.63) is 0 Å². The predicted octanol–water partition coefficient (Wildman–Crippen LogP) is 2.52. The van der Waals surface area contributed by atoms with Crippen molar-refractivity contribution in [1.29, 1.82) is 0 Å². The lowest BCUT2D eigenvalue weighted by atomic mass is 9.89. The summed E-state index contributed by atoms with van der Waals surface area (Å²) in [6.45, 7) is 3.74. The summed E-state index contributed by atoms with van der Waals surface area (Å²) in [4.78, 5) is 2.53. The molecule has 1 saturated carbocycles. The first-order chi connectivity index (χ1) is 5.77. The number of likely N-dealkylation sites (tertiary alicyclic amines) is 1. The van der Waals surface area contributed by atoms with Crippen LogP contribution in [0.2, 0.25) is 0 Å². The molecule has 0 bridgehead atoms. The standard InChI is InChI=1S/C11H21N/c1-9-7-11(8-12(9)2)10-5-3-4-6-10/h9-11H,3-8H2,1-2H3. The Labute approximate surface area is 76.1 Å². The summed E-state index contributed by atoms with van der Waals surface area (Å²) in [5, 5.41) is 0. The highest BCUT2D eigenvalue weighted by atomic mass is 15.1. The lowest BCUT2D eigenvalue weighted by Gasteiger charge is -2.17. The molecular formula is C11H21N. The first kappa shape index (κ1) is 8.55. The molecule has 1 heteroatoms. The van der Waals surface area contributed by atoms with Gasteiger partial charge in [-0.25, -0.2) is 0 Å². The highest BCUT2D eigenvalue weighted by Gasteiger charge is 2.33. The molecule has 0 aromatic rings. The van der Waals surface area contributed by atoms with Crippen molar-refractivity contribution in [3.63, 3.8) is 0 Å². The molecule has 0 radical (unpaired) electrons. The molecule has 1 aliphatic heterocycles. The molecule has 2 aliphatic rings. The van der Waals surface area contributed by atoms with Gasteiger partial charge in [0.15, 0.2) is 0 Å². The summed E-state index contributed by atoms with van der Waals surface area (Å²) in [5.41, 5.74) is 0. The van der Waals surface area contributed by atoms with E-state index < -0.39 is 0 Å². The maximum Gasteiger partial charge on any atom is 0.00672 e. The van der Waals surface area contributed by atoms with Gasteiger partial charge >= 0.3 is 0 Å². The molecule has 0 aromatic heterocycles. The summed E-state index contributed by atoms with van der Waals surface area (Å²) < 4.78 is 0. The van der Waals surface area contributed by atoms with Crippen LogP contribution in [0.25, 0.3) is 0 Å². The fraction of sp³-hybridized carbons (Fsp3) is 1.00. The van der Waals surface area contributed by atoms with Crippen molar-refractivity contribution in [2.75, 3.05) is 13.6 Å². The monoisotopic (exact) mass is 167 g/mol. The van der Waals surface area contributed by atoms with E-state index in [-0.39, 0.29) is 0 Å². The van der Waals surface area contributed by atoms with Crippen LogP contribution in [0.1, 0.15) is 39.0 Å². The summed E-state index contributed by atoms with van der Waals surface area (Å²) in [6, 6.07) is 0.843. The minimum absolute atomic E-state index is 0.843. The molecule has 0 N–H and O–H groups in total. The van der Waals surface area contributed by atoms with Crippen molar-refractivity contribution in [2.45, 2.75) is 45.1 Å². The summed E-state index contributed by atoms with van der Waals surface area (Å²) in [7, 11) is 2.28. The van der Waals surface area contributed by atoms with Crippen LogP contribution in [0.3, 0.4) is 0 Å². The average Bonchev–Trinajstić information content (AvgIpc) is 2.61. The van der Waals surface area contributed by atoms with Crippen LogP contribution in [-0.4, -0.2) is 24.5 Å². The summed E-state index contributed by atoms with van der Waals surface area (Å²) in [5.74, 6) is 2.12. The third kappa shape index (κ3) is 1.52. The Kier molecular flexibility index (Phi) is 2.40. The molecule has 2 unspecified atom stereocenters. The van der Waals surface area contributed by atoms with Crippen LogP contribution in [0.4, 0.5) is 0 Å². The smallest absolute Gasteiger partial charge is 0.00672 e. The van der Waals surface area contributed by atoms with E-state index in [4.69, 9.17) is 0 Å². The number of hydrogen-bond donors (Lipinski definition) is 0. The Balaban J connectivity index is 1.89. The van der Waals surface area contributed by atoms with Gasteiger partial charge in [-0.1, -0.05) is 25.7 Å². The van der Waals surface area contributed by atoms with E-state index in [1.54, 1.807) is 0 Å². The van der Waals surface area contributed by atoms with E-state index >= 15 is 0 Å². The molecular weight excluding hydrogens is 146 g/mol. The van der Waals surface area contributed by atoms with Crippen LogP contribution < -0.4 is 0 Å². The van der Waals surface area contributed by atoms with Gasteiger partial charge in [-0.05, 0) is 32.2 Å². The average molecular weight is 167 g/mol. The molecule has 70 valence electrons. The van der Waals surface area contributed by atoms with Crippen LogP contribution >= 0.6 is 0 Å². The van der Waals surface area contributed by atoms with E-state index in [0.29, 0.717) is 0 Å². The van der Waals surface area contributed by atoms with E-state index in [1.807, 2.05) is 0 Å². The van der Waals surface area contributed by atoms with Crippen LogP contribution in [0.5, 0.6) is 0 Å². The Morgan fingerprint density at radius 1 is 1.08 bits per heavy atom. The molecule has 2 rings (SSSR count). The molecule has 1 aliphatic carbocycles. The zero-order valence-corrected chi connectivity index (χ0v) is 8.42. The van der Waals surface area contributed by atoms with Gasteiger partial charge in [-0.15, -0.1) is 0 Å². The van der Waals surface area contributed by atoms with Crippen molar-refractivity contribution >= 4 is 0 Å². The van der Waals surface area contributed by atoms with Crippen molar-refractivity contribution in [1.82, 2.24) is 4.90 Å². The van der Waals surface area contributed by atoms with Crippen LogP contribution in [0, 0.1) is 11.8 Å². The SMILES string of the molecule is CC1CC(C2CCCC2)CN1C. The molecule has 2 atom stereocenters. The largest absolute Gasteiger partial charge is 0.303 e. The third-order valence-corrected chi connectivity index (χ3v) is 3.99. The fourth-order valence-electron chi connectivity index (χ4n) is 3.01. The molecule has 0 aromatic carbocycles. The quantitative estimate of drug-likeness (QED) is 0.580. The highest BCUT2D eigenvalue weighted by molar-refractivity contribution is 4.86. The van der Waals surface area contributed by atoms with Gasteiger partial charge in [-0.3, -0.25) is 0 Å². The first-order valence-electron chi connectivity index (χ1n) is 5.47. The van der Waals surface area contributed by atoms with Gasteiger partial charge < -0.3 is 4.90 Å². The molecule has 1 saturated heterocycles. The molecule has 0 amide bonds. The van der Waals surface area contributed by atoms with Gasteiger partial charge in [0.2, 0.25) is 0 Å². The summed E-state index contributed by atoms with van der Waals surface area (Å²) >= 11 is 0. The van der Waals surface area contributed by atoms with Crippen molar-refractivity contribution < 1.29 is 0 Å². The van der Waals surface area contributed by atoms with Gasteiger partial charge in [0.05, 0.1) is 0 Å². The fourth-order valence-corrected chi connectivity index (χ4v) is 3.01. The minimum atomic E-state index is 0.843. The van der Waals surface area contributed by atoms with Crippen molar-refractivity contribution in [3.8, 4) is 0 Å². The number of rotatable bonds is 1. The topological polar surface area (TPSA) is 3.24 Å². The van der Waals surface area contributed by atoms with E-state index in [1.165, 1.54) is 38.6 Å².